The number of nitrogens with one attached hydrogen (secondary N) is 1. The zero-order valence-electron chi connectivity index (χ0n) is 15.1. The summed E-state index contributed by atoms with van der Waals surface area (Å²) in [7, 11) is 4.46. The molecule has 2 aromatic carbocycles. The average molecular weight is 374 g/mol. The van der Waals surface area contributed by atoms with E-state index in [-0.39, 0.29) is 6.42 Å². The second kappa shape index (κ2) is 7.94. The summed E-state index contributed by atoms with van der Waals surface area (Å²) in [5.74, 6) is 0.399. The zero-order chi connectivity index (χ0) is 19.4. The number of anilines is 1. The van der Waals surface area contributed by atoms with Gasteiger partial charge in [0.15, 0.2) is 11.5 Å². The van der Waals surface area contributed by atoms with E-state index in [0.29, 0.717) is 34.2 Å². The smallest absolute Gasteiger partial charge is 0.268 e. The molecule has 1 aliphatic rings. The van der Waals surface area contributed by atoms with Crippen molar-refractivity contribution in [2.45, 2.75) is 12.5 Å². The molecule has 142 valence electrons. The Bertz CT molecular complexity index is 859. The minimum atomic E-state index is -0.862. The number of benzene rings is 2. The van der Waals surface area contributed by atoms with E-state index in [1.807, 2.05) is 0 Å². The van der Waals surface area contributed by atoms with Gasteiger partial charge in [-0.15, -0.1) is 0 Å². The number of oxime groups is 1. The summed E-state index contributed by atoms with van der Waals surface area (Å²) < 4.78 is 29.7. The molecule has 0 bridgehead atoms. The standard InChI is InChI=1S/C19H19FN2O5/c1-24-15-8-11(9-16(25-2)18(15)26-3)21-19(23)17-10-14(22-27-17)12-6-4-5-7-13(12)20/h4-9,17H,10H2,1-3H3,(H,21,23). The number of halogens is 1. The molecule has 1 aliphatic heterocycles. The van der Waals surface area contributed by atoms with Crippen LogP contribution >= 0.6 is 0 Å². The van der Waals surface area contributed by atoms with Gasteiger partial charge in [0, 0.05) is 29.8 Å². The summed E-state index contributed by atoms with van der Waals surface area (Å²) in [5.41, 5.74) is 1.15. The Labute approximate surface area is 155 Å². The van der Waals surface area contributed by atoms with Gasteiger partial charge in [-0.25, -0.2) is 4.39 Å². The fraction of sp³-hybridized carbons (Fsp3) is 0.263. The lowest BCUT2D eigenvalue weighted by Gasteiger charge is -2.15. The number of hydrogen-bond donors (Lipinski definition) is 1. The molecule has 0 aromatic heterocycles. The Kier molecular flexibility index (Phi) is 5.44. The van der Waals surface area contributed by atoms with E-state index >= 15 is 0 Å². The van der Waals surface area contributed by atoms with Crippen LogP contribution in [0.2, 0.25) is 0 Å². The van der Waals surface area contributed by atoms with Crippen LogP contribution in [0, 0.1) is 5.82 Å². The first-order valence-corrected chi connectivity index (χ1v) is 8.15. The molecule has 0 saturated carbocycles. The third-order valence-electron chi connectivity index (χ3n) is 4.08. The summed E-state index contributed by atoms with van der Waals surface area (Å²) in [5, 5.41) is 6.58. The molecule has 7 nitrogen and oxygen atoms in total. The van der Waals surface area contributed by atoms with Gasteiger partial charge in [0.1, 0.15) is 5.82 Å². The van der Waals surface area contributed by atoms with Crippen molar-refractivity contribution in [3.05, 3.63) is 47.8 Å². The van der Waals surface area contributed by atoms with Crippen molar-refractivity contribution in [1.82, 2.24) is 0 Å². The van der Waals surface area contributed by atoms with Crippen molar-refractivity contribution >= 4 is 17.3 Å². The molecule has 0 saturated heterocycles. The lowest BCUT2D eigenvalue weighted by Crippen LogP contribution is -2.28. The lowest BCUT2D eigenvalue weighted by atomic mass is 10.0. The van der Waals surface area contributed by atoms with Crippen LogP contribution in [-0.4, -0.2) is 39.1 Å². The van der Waals surface area contributed by atoms with Crippen molar-refractivity contribution in [2.24, 2.45) is 5.16 Å². The first kappa shape index (κ1) is 18.5. The van der Waals surface area contributed by atoms with Crippen LogP contribution in [0.25, 0.3) is 0 Å². The van der Waals surface area contributed by atoms with Gasteiger partial charge in [-0.05, 0) is 6.07 Å². The highest BCUT2D eigenvalue weighted by molar-refractivity contribution is 6.06. The number of rotatable bonds is 6. The van der Waals surface area contributed by atoms with Gasteiger partial charge < -0.3 is 24.4 Å². The molecule has 1 N–H and O–H groups in total. The largest absolute Gasteiger partial charge is 0.493 e. The molecule has 3 rings (SSSR count). The Morgan fingerprint density at radius 3 is 2.41 bits per heavy atom. The zero-order valence-corrected chi connectivity index (χ0v) is 15.1. The molecule has 0 spiro atoms. The predicted molar refractivity (Wildman–Crippen MR) is 97.2 cm³/mol. The van der Waals surface area contributed by atoms with E-state index in [9.17, 15) is 9.18 Å². The SMILES string of the molecule is COc1cc(NC(=O)C2CC(c3ccccc3F)=NO2)cc(OC)c1OC. The Hall–Kier alpha value is -3.29. The van der Waals surface area contributed by atoms with Crippen LogP contribution < -0.4 is 19.5 Å². The molecular weight excluding hydrogens is 355 g/mol. The van der Waals surface area contributed by atoms with Crippen LogP contribution in [0.1, 0.15) is 12.0 Å². The number of ether oxygens (including phenoxy) is 3. The van der Waals surface area contributed by atoms with Gasteiger partial charge >= 0.3 is 0 Å². The molecule has 0 aliphatic carbocycles. The van der Waals surface area contributed by atoms with Gasteiger partial charge in [0.05, 0.1) is 27.0 Å². The summed E-state index contributed by atoms with van der Waals surface area (Å²) in [4.78, 5) is 17.7. The highest BCUT2D eigenvalue weighted by Gasteiger charge is 2.30. The van der Waals surface area contributed by atoms with Crippen molar-refractivity contribution in [3.8, 4) is 17.2 Å². The molecule has 1 atom stereocenters. The normalized spacial score (nSPS) is 15.6. The Balaban J connectivity index is 1.73. The molecule has 0 fully saturated rings. The number of carbonyl (C=O) groups excluding carboxylic acids is 1. The summed E-state index contributed by atoms with van der Waals surface area (Å²) in [6.07, 6.45) is -0.698. The molecule has 1 unspecified atom stereocenters. The minimum absolute atomic E-state index is 0.164. The molecule has 27 heavy (non-hydrogen) atoms. The maximum Gasteiger partial charge on any atom is 0.268 e. The van der Waals surface area contributed by atoms with Crippen molar-refractivity contribution in [3.63, 3.8) is 0 Å². The van der Waals surface area contributed by atoms with Gasteiger partial charge in [0.25, 0.3) is 5.91 Å². The summed E-state index contributed by atoms with van der Waals surface area (Å²) in [6.45, 7) is 0. The van der Waals surface area contributed by atoms with Crippen molar-refractivity contribution in [2.75, 3.05) is 26.6 Å². The predicted octanol–water partition coefficient (Wildman–Crippen LogP) is 2.98. The highest BCUT2D eigenvalue weighted by Crippen LogP contribution is 2.40. The second-order valence-corrected chi connectivity index (χ2v) is 5.72. The fourth-order valence-electron chi connectivity index (χ4n) is 2.75. The fourth-order valence-corrected chi connectivity index (χ4v) is 2.75. The van der Waals surface area contributed by atoms with Crippen LogP contribution in [0.4, 0.5) is 10.1 Å². The topological polar surface area (TPSA) is 78.4 Å². The van der Waals surface area contributed by atoms with E-state index in [1.54, 1.807) is 30.3 Å². The summed E-state index contributed by atoms with van der Waals surface area (Å²) >= 11 is 0. The maximum absolute atomic E-state index is 13.9. The van der Waals surface area contributed by atoms with Gasteiger partial charge in [-0.3, -0.25) is 4.79 Å². The number of methoxy groups -OCH3 is 3. The van der Waals surface area contributed by atoms with E-state index < -0.39 is 17.8 Å². The van der Waals surface area contributed by atoms with Crippen molar-refractivity contribution < 1.29 is 28.2 Å². The van der Waals surface area contributed by atoms with Gasteiger partial charge in [-0.1, -0.05) is 23.4 Å². The van der Waals surface area contributed by atoms with Gasteiger partial charge in [-0.2, -0.15) is 0 Å². The molecule has 2 aromatic rings. The lowest BCUT2D eigenvalue weighted by molar-refractivity contribution is -0.125. The molecule has 8 heteroatoms. The van der Waals surface area contributed by atoms with E-state index in [1.165, 1.54) is 27.4 Å². The van der Waals surface area contributed by atoms with E-state index in [4.69, 9.17) is 19.0 Å². The first-order valence-electron chi connectivity index (χ1n) is 8.15. The monoisotopic (exact) mass is 374 g/mol. The van der Waals surface area contributed by atoms with Crippen LogP contribution in [0.3, 0.4) is 0 Å². The Morgan fingerprint density at radius 2 is 1.81 bits per heavy atom. The van der Waals surface area contributed by atoms with Crippen LogP contribution in [0.15, 0.2) is 41.6 Å². The average Bonchev–Trinajstić information content (AvgIpc) is 3.17. The number of nitrogens with zero attached hydrogens (tertiary/aromatic N) is 1. The second-order valence-electron chi connectivity index (χ2n) is 5.72. The number of amides is 1. The van der Waals surface area contributed by atoms with E-state index in [2.05, 4.69) is 10.5 Å². The Morgan fingerprint density at radius 1 is 1.15 bits per heavy atom. The van der Waals surface area contributed by atoms with Gasteiger partial charge in [0.2, 0.25) is 11.9 Å². The quantitative estimate of drug-likeness (QED) is 0.841. The number of hydrogen-bond acceptors (Lipinski definition) is 6. The molecule has 0 radical (unpaired) electrons. The van der Waals surface area contributed by atoms with Crippen LogP contribution in [-0.2, 0) is 9.63 Å². The minimum Gasteiger partial charge on any atom is -0.493 e. The molecule has 1 amide bonds. The third-order valence-corrected chi connectivity index (χ3v) is 4.08. The van der Waals surface area contributed by atoms with Crippen LogP contribution in [0.5, 0.6) is 17.2 Å². The molecular formula is C19H19FN2O5. The highest BCUT2D eigenvalue weighted by atomic mass is 19.1. The number of carbonyl (C=O) groups is 1. The van der Waals surface area contributed by atoms with Crippen molar-refractivity contribution in [1.29, 1.82) is 0 Å². The van der Waals surface area contributed by atoms with E-state index in [0.717, 1.165) is 0 Å². The third kappa shape index (κ3) is 3.79. The first-order chi connectivity index (χ1) is 13.1. The summed E-state index contributed by atoms with van der Waals surface area (Å²) in [6, 6.07) is 9.42. The maximum atomic E-state index is 13.9. The molecule has 1 heterocycles.